The molecule has 2 aromatic carbocycles. The Bertz CT molecular complexity index is 1090. The van der Waals surface area contributed by atoms with Gasteiger partial charge in [-0.2, -0.15) is 0 Å². The number of hydrogen-bond donors (Lipinski definition) is 0. The van der Waals surface area contributed by atoms with Gasteiger partial charge in [-0.05, 0) is 70.9 Å². The molecule has 0 unspecified atom stereocenters. The van der Waals surface area contributed by atoms with Gasteiger partial charge < -0.3 is 9.47 Å². The Morgan fingerprint density at radius 2 is 1.77 bits per heavy atom. The van der Waals surface area contributed by atoms with Crippen molar-refractivity contribution in [2.24, 2.45) is 0 Å². The molecule has 1 fully saturated rings. The van der Waals surface area contributed by atoms with Gasteiger partial charge in [-0.15, -0.1) is 0 Å². The fraction of sp³-hybridized carbons (Fsp3) is 0.400. The van der Waals surface area contributed by atoms with Gasteiger partial charge in [0.25, 0.3) is 0 Å². The molecule has 4 rings (SSSR count). The number of hydrogen-bond acceptors (Lipinski definition) is 3. The van der Waals surface area contributed by atoms with E-state index in [4.69, 9.17) is 26.1 Å². The molecule has 0 aliphatic carbocycles. The highest BCUT2D eigenvalue weighted by Gasteiger charge is 2.41. The molecule has 0 spiro atoms. The van der Waals surface area contributed by atoms with Gasteiger partial charge in [-0.3, -0.25) is 4.57 Å². The standard InChI is InChI=1S/C25H28ClFN2O2/c1-24(2)13-16(14-25(3,4)31-24)21-15-29(17-10-11-20(27)19(26)12-17)23(28-21)18-8-6-7-9-22(18)30-5/h6-12,15-16H,13-14H2,1-5H3. The Balaban J connectivity index is 1.87. The fourth-order valence-electron chi connectivity index (χ4n) is 4.75. The number of methoxy groups -OCH3 is 1. The molecule has 1 aromatic heterocycles. The molecule has 0 saturated carbocycles. The van der Waals surface area contributed by atoms with Gasteiger partial charge in [-0.1, -0.05) is 23.7 Å². The lowest BCUT2D eigenvalue weighted by molar-refractivity contribution is -0.162. The molecular weight excluding hydrogens is 415 g/mol. The number of nitrogens with zero attached hydrogens (tertiary/aromatic N) is 2. The first-order valence-corrected chi connectivity index (χ1v) is 10.8. The highest BCUT2D eigenvalue weighted by Crippen LogP contribution is 2.44. The summed E-state index contributed by atoms with van der Waals surface area (Å²) in [5, 5.41) is 0.0760. The van der Waals surface area contributed by atoms with Crippen molar-refractivity contribution in [2.75, 3.05) is 7.11 Å². The number of rotatable bonds is 4. The van der Waals surface area contributed by atoms with Gasteiger partial charge in [0, 0.05) is 17.8 Å². The summed E-state index contributed by atoms with van der Waals surface area (Å²) in [5.41, 5.74) is 2.09. The van der Waals surface area contributed by atoms with E-state index < -0.39 is 5.82 Å². The Morgan fingerprint density at radius 1 is 1.10 bits per heavy atom. The Morgan fingerprint density at radius 3 is 2.42 bits per heavy atom. The summed E-state index contributed by atoms with van der Waals surface area (Å²) >= 11 is 6.10. The van der Waals surface area contributed by atoms with Gasteiger partial charge in [0.1, 0.15) is 17.4 Å². The van der Waals surface area contributed by atoms with Crippen LogP contribution in [0.3, 0.4) is 0 Å². The number of aromatic nitrogens is 2. The molecule has 0 bridgehead atoms. The second-order valence-corrected chi connectivity index (χ2v) is 9.79. The number of ether oxygens (including phenoxy) is 2. The second-order valence-electron chi connectivity index (χ2n) is 9.38. The summed E-state index contributed by atoms with van der Waals surface area (Å²) in [6, 6.07) is 12.5. The zero-order valence-electron chi connectivity index (χ0n) is 18.6. The van der Waals surface area contributed by atoms with E-state index in [1.165, 1.54) is 6.07 Å². The quantitative estimate of drug-likeness (QED) is 0.446. The van der Waals surface area contributed by atoms with Crippen LogP contribution in [0.15, 0.2) is 48.7 Å². The van der Waals surface area contributed by atoms with Crippen molar-refractivity contribution in [3.8, 4) is 22.8 Å². The maximum absolute atomic E-state index is 13.8. The second kappa shape index (κ2) is 7.95. The molecule has 3 aromatic rings. The van der Waals surface area contributed by atoms with Crippen LogP contribution in [0.2, 0.25) is 5.02 Å². The monoisotopic (exact) mass is 442 g/mol. The summed E-state index contributed by atoms with van der Waals surface area (Å²) < 4.78 is 27.7. The normalized spacial score (nSPS) is 18.2. The molecule has 1 aliphatic heterocycles. The van der Waals surface area contributed by atoms with E-state index in [2.05, 4.69) is 27.7 Å². The molecule has 2 heterocycles. The average Bonchev–Trinajstić information content (AvgIpc) is 3.13. The molecule has 0 amide bonds. The molecule has 0 N–H and O–H groups in total. The lowest BCUT2D eigenvalue weighted by Crippen LogP contribution is -2.44. The van der Waals surface area contributed by atoms with Gasteiger partial charge in [0.2, 0.25) is 0 Å². The molecule has 6 heteroatoms. The van der Waals surface area contributed by atoms with Crippen molar-refractivity contribution in [1.82, 2.24) is 9.55 Å². The molecule has 0 radical (unpaired) electrons. The summed E-state index contributed by atoms with van der Waals surface area (Å²) in [5.74, 6) is 1.24. The lowest BCUT2D eigenvalue weighted by Gasteiger charge is -2.45. The van der Waals surface area contributed by atoms with Crippen LogP contribution < -0.4 is 4.74 Å². The van der Waals surface area contributed by atoms with Crippen LogP contribution in [0.1, 0.15) is 52.1 Å². The van der Waals surface area contributed by atoms with Crippen molar-refractivity contribution in [3.05, 3.63) is 65.2 Å². The van der Waals surface area contributed by atoms with Gasteiger partial charge in [0.05, 0.1) is 34.6 Å². The van der Waals surface area contributed by atoms with E-state index in [0.717, 1.165) is 41.4 Å². The molecule has 164 valence electrons. The van der Waals surface area contributed by atoms with E-state index in [1.54, 1.807) is 19.2 Å². The van der Waals surface area contributed by atoms with Crippen LogP contribution >= 0.6 is 11.6 Å². The molecule has 0 atom stereocenters. The van der Waals surface area contributed by atoms with Gasteiger partial charge in [0.15, 0.2) is 0 Å². The largest absolute Gasteiger partial charge is 0.496 e. The zero-order valence-corrected chi connectivity index (χ0v) is 19.3. The SMILES string of the molecule is COc1ccccc1-c1nc(C2CC(C)(C)OC(C)(C)C2)cn1-c1ccc(F)c(Cl)c1. The maximum Gasteiger partial charge on any atom is 0.148 e. The lowest BCUT2D eigenvalue weighted by atomic mass is 9.79. The third-order valence-electron chi connectivity index (χ3n) is 5.70. The summed E-state index contributed by atoms with van der Waals surface area (Å²) in [6.07, 6.45) is 3.76. The zero-order chi connectivity index (χ0) is 22.4. The van der Waals surface area contributed by atoms with Crippen LogP contribution in [0.5, 0.6) is 5.75 Å². The van der Waals surface area contributed by atoms with Gasteiger partial charge >= 0.3 is 0 Å². The average molecular weight is 443 g/mol. The third kappa shape index (κ3) is 4.48. The molecule has 4 nitrogen and oxygen atoms in total. The van der Waals surface area contributed by atoms with Crippen LogP contribution in [0.4, 0.5) is 4.39 Å². The minimum atomic E-state index is -0.447. The number of halogens is 2. The van der Waals surface area contributed by atoms with Crippen LogP contribution in [0, 0.1) is 5.82 Å². The van der Waals surface area contributed by atoms with E-state index >= 15 is 0 Å². The molecular formula is C25H28ClFN2O2. The summed E-state index contributed by atoms with van der Waals surface area (Å²) in [6.45, 7) is 8.50. The van der Waals surface area contributed by atoms with E-state index in [-0.39, 0.29) is 22.1 Å². The predicted molar refractivity (Wildman–Crippen MR) is 122 cm³/mol. The van der Waals surface area contributed by atoms with Crippen LogP contribution in [0.25, 0.3) is 17.1 Å². The first kappa shape index (κ1) is 21.8. The Kier molecular flexibility index (Phi) is 5.61. The Labute approximate surface area is 188 Å². The first-order valence-electron chi connectivity index (χ1n) is 10.5. The van der Waals surface area contributed by atoms with Crippen molar-refractivity contribution in [3.63, 3.8) is 0 Å². The third-order valence-corrected chi connectivity index (χ3v) is 5.99. The summed E-state index contributed by atoms with van der Waals surface area (Å²) in [7, 11) is 1.64. The van der Waals surface area contributed by atoms with E-state index in [9.17, 15) is 4.39 Å². The minimum Gasteiger partial charge on any atom is -0.496 e. The smallest absolute Gasteiger partial charge is 0.148 e. The van der Waals surface area contributed by atoms with Gasteiger partial charge in [-0.25, -0.2) is 9.37 Å². The van der Waals surface area contributed by atoms with Crippen molar-refractivity contribution >= 4 is 11.6 Å². The molecule has 31 heavy (non-hydrogen) atoms. The summed E-state index contributed by atoms with van der Waals surface area (Å²) in [4.78, 5) is 5.06. The van der Waals surface area contributed by atoms with Crippen LogP contribution in [-0.4, -0.2) is 27.9 Å². The van der Waals surface area contributed by atoms with E-state index in [0.29, 0.717) is 0 Å². The first-order chi connectivity index (χ1) is 14.6. The molecule has 1 saturated heterocycles. The van der Waals surface area contributed by atoms with E-state index in [1.807, 2.05) is 35.0 Å². The fourth-order valence-corrected chi connectivity index (χ4v) is 4.92. The predicted octanol–water partition coefficient (Wildman–Crippen LogP) is 6.79. The topological polar surface area (TPSA) is 36.3 Å². The highest BCUT2D eigenvalue weighted by atomic mass is 35.5. The van der Waals surface area contributed by atoms with Crippen LogP contribution in [-0.2, 0) is 4.74 Å². The highest BCUT2D eigenvalue weighted by molar-refractivity contribution is 6.30. The number of imidazole rings is 1. The van der Waals surface area contributed by atoms with Crippen molar-refractivity contribution in [1.29, 1.82) is 0 Å². The molecule has 1 aliphatic rings. The number of para-hydroxylation sites is 1. The number of benzene rings is 2. The minimum absolute atomic E-state index is 0.0760. The maximum atomic E-state index is 13.8. The Hall–Kier alpha value is -2.37. The van der Waals surface area contributed by atoms with Crippen molar-refractivity contribution in [2.45, 2.75) is 57.7 Å². The van der Waals surface area contributed by atoms with Crippen molar-refractivity contribution < 1.29 is 13.9 Å².